The molecule has 2 aromatic carbocycles. The number of carbonyl (C=O) groups is 2. The molecule has 0 atom stereocenters. The van der Waals surface area contributed by atoms with Crippen LogP contribution in [-0.4, -0.2) is 58.5 Å². The number of hydrogen-bond acceptors (Lipinski definition) is 8. The third kappa shape index (κ3) is 5.89. The van der Waals surface area contributed by atoms with Crippen LogP contribution in [0.3, 0.4) is 0 Å². The number of anilines is 1. The van der Waals surface area contributed by atoms with Crippen LogP contribution in [0, 0.1) is 0 Å². The van der Waals surface area contributed by atoms with Crippen LogP contribution >= 0.6 is 11.3 Å². The van der Waals surface area contributed by atoms with Crippen molar-refractivity contribution in [1.29, 1.82) is 0 Å². The number of nitrogens with one attached hydrogen (secondary N) is 1. The second kappa shape index (κ2) is 11.5. The van der Waals surface area contributed by atoms with E-state index in [2.05, 4.69) is 5.32 Å². The van der Waals surface area contributed by atoms with Crippen molar-refractivity contribution in [3.8, 4) is 11.5 Å². The quantitative estimate of drug-likeness (QED) is 0.388. The molecule has 11 heteroatoms. The first-order chi connectivity index (χ1) is 17.8. The maximum absolute atomic E-state index is 13.8. The van der Waals surface area contributed by atoms with Crippen LogP contribution in [0.1, 0.15) is 41.8 Å². The first-order valence-electron chi connectivity index (χ1n) is 11.9. The highest BCUT2D eigenvalue weighted by Crippen LogP contribution is 2.33. The van der Waals surface area contributed by atoms with Crippen molar-refractivity contribution in [3.63, 3.8) is 0 Å². The smallest absolute Gasteiger partial charge is 0.348 e. The minimum atomic E-state index is -4.00. The monoisotopic (exact) mass is 546 g/mol. The summed E-state index contributed by atoms with van der Waals surface area (Å²) < 4.78 is 45.0. The van der Waals surface area contributed by atoms with E-state index in [4.69, 9.17) is 14.2 Å². The van der Waals surface area contributed by atoms with Gasteiger partial charge in [-0.2, -0.15) is 4.31 Å². The van der Waals surface area contributed by atoms with E-state index in [1.807, 2.05) is 0 Å². The largest absolute Gasteiger partial charge is 0.493 e. The third-order valence-corrected chi connectivity index (χ3v) is 9.42. The van der Waals surface area contributed by atoms with Crippen molar-refractivity contribution >= 4 is 49.0 Å². The predicted molar refractivity (Wildman–Crippen MR) is 142 cm³/mol. The Morgan fingerprint density at radius 3 is 2.38 bits per heavy atom. The second-order valence-corrected chi connectivity index (χ2v) is 11.7. The standard InChI is InChI=1S/C26H30N2O7S2/c1-33-21-11-10-20(15-22(21)34-2)37(31,32)28(19-7-5-4-6-8-19)16-25(29)27-18-9-12-23-17(13-18)14-24(36-23)26(30)35-3/h9-15,19H,4-8,16H2,1-3H3,(H,27,29). The van der Waals surface area contributed by atoms with Crippen molar-refractivity contribution in [2.45, 2.75) is 43.0 Å². The summed E-state index contributed by atoms with van der Waals surface area (Å²) in [5.74, 6) is -0.151. The molecular formula is C26H30N2O7S2. The molecule has 1 aliphatic rings. The summed E-state index contributed by atoms with van der Waals surface area (Å²) in [6.45, 7) is -0.323. The number of amides is 1. The highest BCUT2D eigenvalue weighted by molar-refractivity contribution is 7.89. The van der Waals surface area contributed by atoms with Crippen molar-refractivity contribution in [3.05, 3.63) is 47.3 Å². The number of fused-ring (bicyclic) bond motifs is 1. The van der Waals surface area contributed by atoms with Crippen molar-refractivity contribution in [2.24, 2.45) is 0 Å². The van der Waals surface area contributed by atoms with E-state index in [9.17, 15) is 18.0 Å². The van der Waals surface area contributed by atoms with Gasteiger partial charge in [-0.25, -0.2) is 13.2 Å². The highest BCUT2D eigenvalue weighted by Gasteiger charge is 2.34. The molecule has 198 valence electrons. The van der Waals surface area contributed by atoms with Gasteiger partial charge in [0.1, 0.15) is 4.88 Å². The summed E-state index contributed by atoms with van der Waals surface area (Å²) >= 11 is 1.30. The molecule has 1 aromatic heterocycles. The lowest BCUT2D eigenvalue weighted by Gasteiger charge is -2.33. The lowest BCUT2D eigenvalue weighted by atomic mass is 9.95. The van der Waals surface area contributed by atoms with E-state index < -0.39 is 21.9 Å². The van der Waals surface area contributed by atoms with Crippen molar-refractivity contribution in [2.75, 3.05) is 33.2 Å². The molecule has 0 aliphatic heterocycles. The molecule has 3 aromatic rings. The normalized spacial score (nSPS) is 14.5. The first kappa shape index (κ1) is 26.9. The number of sulfonamides is 1. The third-order valence-electron chi connectivity index (χ3n) is 6.43. The Balaban J connectivity index is 1.59. The van der Waals surface area contributed by atoms with Crippen molar-refractivity contribution < 1.29 is 32.2 Å². The molecule has 0 unspecified atom stereocenters. The number of esters is 1. The molecule has 0 saturated heterocycles. The number of nitrogens with zero attached hydrogens (tertiary/aromatic N) is 1. The number of carbonyl (C=O) groups excluding carboxylic acids is 2. The Morgan fingerprint density at radius 1 is 0.973 bits per heavy atom. The molecule has 9 nitrogen and oxygen atoms in total. The number of hydrogen-bond donors (Lipinski definition) is 1. The molecule has 1 heterocycles. The van der Waals surface area contributed by atoms with Crippen LogP contribution in [-0.2, 0) is 19.6 Å². The van der Waals surface area contributed by atoms with Gasteiger partial charge >= 0.3 is 5.97 Å². The summed E-state index contributed by atoms with van der Waals surface area (Å²) in [5, 5.41) is 3.60. The van der Waals surface area contributed by atoms with Gasteiger partial charge in [-0.05, 0) is 54.6 Å². The number of rotatable bonds is 9. The molecular weight excluding hydrogens is 516 g/mol. The number of ether oxygens (including phenoxy) is 3. The average molecular weight is 547 g/mol. The zero-order valence-corrected chi connectivity index (χ0v) is 22.6. The van der Waals surface area contributed by atoms with Gasteiger partial charge in [0.2, 0.25) is 15.9 Å². The van der Waals surface area contributed by atoms with Crippen LogP contribution in [0.2, 0.25) is 0 Å². The number of thiophene rings is 1. The van der Waals surface area contributed by atoms with E-state index in [1.165, 1.54) is 49.1 Å². The molecule has 1 saturated carbocycles. The molecule has 1 N–H and O–H groups in total. The van der Waals surface area contributed by atoms with Gasteiger partial charge in [-0.3, -0.25) is 4.79 Å². The molecule has 37 heavy (non-hydrogen) atoms. The Hall–Kier alpha value is -3.15. The van der Waals surface area contributed by atoms with E-state index in [1.54, 1.807) is 30.3 Å². The van der Waals surface area contributed by atoms with E-state index >= 15 is 0 Å². The number of methoxy groups -OCH3 is 3. The second-order valence-electron chi connectivity index (χ2n) is 8.76. The molecule has 1 fully saturated rings. The van der Waals surface area contributed by atoms with Crippen molar-refractivity contribution in [1.82, 2.24) is 4.31 Å². The summed E-state index contributed by atoms with van der Waals surface area (Å²) in [6, 6.07) is 11.1. The molecule has 0 spiro atoms. The van der Waals surface area contributed by atoms with Crippen LogP contribution in [0.15, 0.2) is 47.4 Å². The van der Waals surface area contributed by atoms with Gasteiger partial charge in [-0.15, -0.1) is 11.3 Å². The highest BCUT2D eigenvalue weighted by atomic mass is 32.2. The molecule has 0 bridgehead atoms. The maximum Gasteiger partial charge on any atom is 0.348 e. The average Bonchev–Trinajstić information content (AvgIpc) is 3.34. The minimum Gasteiger partial charge on any atom is -0.493 e. The summed E-state index contributed by atoms with van der Waals surface area (Å²) in [7, 11) is 0.248. The van der Waals surface area contributed by atoms with E-state index in [0.717, 1.165) is 29.3 Å². The maximum atomic E-state index is 13.8. The molecule has 1 amide bonds. The lowest BCUT2D eigenvalue weighted by Crippen LogP contribution is -2.45. The summed E-state index contributed by atoms with van der Waals surface area (Å²) in [6.07, 6.45) is 4.23. The van der Waals surface area contributed by atoms with Gasteiger partial charge in [0, 0.05) is 22.5 Å². The SMILES string of the molecule is COC(=O)c1cc2cc(NC(=O)CN(C3CCCCC3)S(=O)(=O)c3ccc(OC)c(OC)c3)ccc2s1. The Labute approximate surface area is 220 Å². The summed E-state index contributed by atoms with van der Waals surface area (Å²) in [5.41, 5.74) is 0.513. The Morgan fingerprint density at radius 2 is 1.70 bits per heavy atom. The first-order valence-corrected chi connectivity index (χ1v) is 14.2. The molecule has 4 rings (SSSR count). The fraction of sp³-hybridized carbons (Fsp3) is 0.385. The minimum absolute atomic E-state index is 0.0403. The topological polar surface area (TPSA) is 111 Å². The zero-order chi connectivity index (χ0) is 26.6. The van der Waals surface area contributed by atoms with Gasteiger partial charge in [0.05, 0.1) is 32.8 Å². The van der Waals surface area contributed by atoms with Crippen LogP contribution in [0.25, 0.3) is 10.1 Å². The van der Waals surface area contributed by atoms with Gasteiger partial charge in [-0.1, -0.05) is 19.3 Å². The van der Waals surface area contributed by atoms with Crippen LogP contribution < -0.4 is 14.8 Å². The van der Waals surface area contributed by atoms with Gasteiger partial charge < -0.3 is 19.5 Å². The van der Waals surface area contributed by atoms with Crippen LogP contribution in [0.5, 0.6) is 11.5 Å². The lowest BCUT2D eigenvalue weighted by molar-refractivity contribution is -0.116. The zero-order valence-electron chi connectivity index (χ0n) is 21.0. The van der Waals surface area contributed by atoms with E-state index in [-0.39, 0.29) is 17.5 Å². The molecule has 1 aliphatic carbocycles. The summed E-state index contributed by atoms with van der Waals surface area (Å²) in [4.78, 5) is 25.5. The molecule has 0 radical (unpaired) electrons. The fourth-order valence-corrected chi connectivity index (χ4v) is 7.17. The van der Waals surface area contributed by atoms with Gasteiger partial charge in [0.15, 0.2) is 11.5 Å². The fourth-order valence-electron chi connectivity index (χ4n) is 4.56. The number of benzene rings is 2. The predicted octanol–water partition coefficient (Wildman–Crippen LogP) is 4.67. The Kier molecular flexibility index (Phi) is 8.35. The van der Waals surface area contributed by atoms with Crippen LogP contribution in [0.4, 0.5) is 5.69 Å². The Bertz CT molecular complexity index is 1400. The van der Waals surface area contributed by atoms with Gasteiger partial charge in [0.25, 0.3) is 0 Å². The van der Waals surface area contributed by atoms with E-state index in [0.29, 0.717) is 34.9 Å².